The quantitative estimate of drug-likeness (QED) is 0.783. The van der Waals surface area contributed by atoms with Crippen molar-refractivity contribution in [3.05, 3.63) is 12.0 Å². The first-order valence-corrected chi connectivity index (χ1v) is 8.45. The van der Waals surface area contributed by atoms with E-state index in [9.17, 15) is 8.42 Å². The van der Waals surface area contributed by atoms with Gasteiger partial charge in [0.25, 0.3) is 9.05 Å². The highest BCUT2D eigenvalue weighted by Gasteiger charge is 2.18. The van der Waals surface area contributed by atoms with Crippen molar-refractivity contribution in [2.45, 2.75) is 58.5 Å². The molecule has 0 atom stereocenters. The highest BCUT2D eigenvalue weighted by molar-refractivity contribution is 8.13. The SMILES string of the molecule is CCCc1nc(S(=O)(=O)Cl)cn1CCC(C)(C)C. The highest BCUT2D eigenvalue weighted by Crippen LogP contribution is 2.22. The standard InChI is InChI=1S/C12H21ClN2O2S/c1-5-6-10-14-11(18(13,16)17)9-15(10)8-7-12(2,3)4/h9H,5-8H2,1-4H3. The molecular weight excluding hydrogens is 272 g/mol. The minimum Gasteiger partial charge on any atom is -0.333 e. The Morgan fingerprint density at radius 1 is 1.39 bits per heavy atom. The number of hydrogen-bond donors (Lipinski definition) is 0. The summed E-state index contributed by atoms with van der Waals surface area (Å²) in [5.41, 5.74) is 0.202. The average molecular weight is 293 g/mol. The van der Waals surface area contributed by atoms with Gasteiger partial charge in [-0.15, -0.1) is 0 Å². The Kier molecular flexibility index (Phi) is 4.84. The molecule has 1 aromatic heterocycles. The molecule has 0 radical (unpaired) electrons. The van der Waals surface area contributed by atoms with Gasteiger partial charge in [-0.05, 0) is 18.3 Å². The van der Waals surface area contributed by atoms with Crippen LogP contribution < -0.4 is 0 Å². The summed E-state index contributed by atoms with van der Waals surface area (Å²) < 4.78 is 24.5. The van der Waals surface area contributed by atoms with Crippen LogP contribution in [-0.2, 0) is 22.0 Å². The van der Waals surface area contributed by atoms with Crippen LogP contribution in [0.25, 0.3) is 0 Å². The summed E-state index contributed by atoms with van der Waals surface area (Å²) in [5, 5.41) is -0.0403. The number of rotatable bonds is 5. The molecule has 0 bridgehead atoms. The maximum absolute atomic E-state index is 11.3. The van der Waals surface area contributed by atoms with E-state index in [2.05, 4.69) is 25.8 Å². The molecule has 0 saturated carbocycles. The van der Waals surface area contributed by atoms with Gasteiger partial charge < -0.3 is 4.57 Å². The second kappa shape index (κ2) is 5.61. The Labute approximate surface area is 114 Å². The second-order valence-corrected chi connectivity index (χ2v) is 8.20. The van der Waals surface area contributed by atoms with Crippen molar-refractivity contribution in [1.82, 2.24) is 9.55 Å². The van der Waals surface area contributed by atoms with Gasteiger partial charge in [-0.25, -0.2) is 13.4 Å². The molecule has 4 nitrogen and oxygen atoms in total. The topological polar surface area (TPSA) is 52.0 Å². The van der Waals surface area contributed by atoms with Gasteiger partial charge >= 0.3 is 0 Å². The van der Waals surface area contributed by atoms with E-state index in [0.717, 1.165) is 31.6 Å². The van der Waals surface area contributed by atoms with Crippen LogP contribution in [0.5, 0.6) is 0 Å². The predicted octanol–water partition coefficient (Wildman–Crippen LogP) is 3.20. The van der Waals surface area contributed by atoms with Gasteiger partial charge in [-0.2, -0.15) is 0 Å². The van der Waals surface area contributed by atoms with Gasteiger partial charge in [0.05, 0.1) is 0 Å². The van der Waals surface area contributed by atoms with E-state index in [4.69, 9.17) is 10.7 Å². The van der Waals surface area contributed by atoms with Crippen LogP contribution in [-0.4, -0.2) is 18.0 Å². The predicted molar refractivity (Wildman–Crippen MR) is 73.3 cm³/mol. The van der Waals surface area contributed by atoms with Crippen LogP contribution in [0, 0.1) is 5.41 Å². The molecule has 0 aliphatic rings. The molecular formula is C12H21ClN2O2S. The summed E-state index contributed by atoms with van der Waals surface area (Å²) in [4.78, 5) is 4.11. The normalized spacial score (nSPS) is 12.9. The Bertz CT molecular complexity index is 501. The summed E-state index contributed by atoms with van der Waals surface area (Å²) in [6.07, 6.45) is 4.19. The molecule has 0 unspecified atom stereocenters. The molecule has 0 N–H and O–H groups in total. The van der Waals surface area contributed by atoms with E-state index in [1.54, 1.807) is 6.20 Å². The zero-order chi connectivity index (χ0) is 14.0. The number of hydrogen-bond acceptors (Lipinski definition) is 3. The monoisotopic (exact) mass is 292 g/mol. The van der Waals surface area contributed by atoms with Crippen LogP contribution in [0.1, 0.15) is 46.4 Å². The van der Waals surface area contributed by atoms with Crippen molar-refractivity contribution in [3.8, 4) is 0 Å². The van der Waals surface area contributed by atoms with Crippen LogP contribution in [0.4, 0.5) is 0 Å². The highest BCUT2D eigenvalue weighted by atomic mass is 35.7. The van der Waals surface area contributed by atoms with Crippen molar-refractivity contribution >= 4 is 19.7 Å². The fourth-order valence-corrected chi connectivity index (χ4v) is 2.31. The molecule has 0 spiro atoms. The van der Waals surface area contributed by atoms with Crippen molar-refractivity contribution in [2.75, 3.05) is 0 Å². The van der Waals surface area contributed by atoms with Gasteiger partial charge in [-0.1, -0.05) is 27.7 Å². The fourth-order valence-electron chi connectivity index (χ4n) is 1.62. The molecule has 0 aromatic carbocycles. The van der Waals surface area contributed by atoms with Crippen LogP contribution in [0.3, 0.4) is 0 Å². The van der Waals surface area contributed by atoms with Gasteiger partial charge in [0.1, 0.15) is 5.82 Å². The van der Waals surface area contributed by atoms with E-state index in [1.807, 2.05) is 11.5 Å². The third kappa shape index (κ3) is 4.61. The summed E-state index contributed by atoms with van der Waals surface area (Å²) in [6.45, 7) is 9.27. The lowest BCUT2D eigenvalue weighted by Crippen LogP contribution is -2.11. The zero-order valence-electron chi connectivity index (χ0n) is 11.4. The molecule has 18 heavy (non-hydrogen) atoms. The van der Waals surface area contributed by atoms with Crippen LogP contribution >= 0.6 is 10.7 Å². The number of aryl methyl sites for hydroxylation is 2. The lowest BCUT2D eigenvalue weighted by atomic mass is 9.92. The first-order valence-electron chi connectivity index (χ1n) is 6.14. The van der Waals surface area contributed by atoms with E-state index < -0.39 is 9.05 Å². The van der Waals surface area contributed by atoms with Gasteiger partial charge in [0.2, 0.25) is 0 Å². The Morgan fingerprint density at radius 2 is 2.00 bits per heavy atom. The minimum atomic E-state index is -3.74. The molecule has 0 amide bonds. The van der Waals surface area contributed by atoms with E-state index in [1.165, 1.54) is 0 Å². The van der Waals surface area contributed by atoms with Crippen LogP contribution in [0.15, 0.2) is 11.2 Å². The maximum atomic E-state index is 11.3. The van der Waals surface area contributed by atoms with Gasteiger partial charge in [0, 0.05) is 29.8 Å². The largest absolute Gasteiger partial charge is 0.333 e. The Morgan fingerprint density at radius 3 is 2.44 bits per heavy atom. The third-order valence-electron chi connectivity index (χ3n) is 2.66. The van der Waals surface area contributed by atoms with Crippen molar-refractivity contribution in [1.29, 1.82) is 0 Å². The van der Waals surface area contributed by atoms with E-state index in [-0.39, 0.29) is 10.4 Å². The zero-order valence-corrected chi connectivity index (χ0v) is 13.0. The number of nitrogens with zero attached hydrogens (tertiary/aromatic N) is 2. The Hall–Kier alpha value is -0.550. The Balaban J connectivity index is 2.98. The molecule has 1 heterocycles. The molecule has 0 aliphatic carbocycles. The number of halogens is 1. The maximum Gasteiger partial charge on any atom is 0.280 e. The van der Waals surface area contributed by atoms with E-state index >= 15 is 0 Å². The van der Waals surface area contributed by atoms with E-state index in [0.29, 0.717) is 0 Å². The van der Waals surface area contributed by atoms with Crippen molar-refractivity contribution in [2.24, 2.45) is 5.41 Å². The summed E-state index contributed by atoms with van der Waals surface area (Å²) in [5.74, 6) is 0.793. The molecule has 1 aromatic rings. The van der Waals surface area contributed by atoms with Crippen molar-refractivity contribution < 1.29 is 8.42 Å². The minimum absolute atomic E-state index is 0.0403. The molecule has 0 saturated heterocycles. The third-order valence-corrected chi connectivity index (χ3v) is 3.83. The average Bonchev–Trinajstić information content (AvgIpc) is 2.57. The number of imidazole rings is 1. The summed E-state index contributed by atoms with van der Waals surface area (Å²) in [7, 11) is 1.59. The lowest BCUT2D eigenvalue weighted by molar-refractivity contribution is 0.347. The molecule has 104 valence electrons. The molecule has 1 rings (SSSR count). The van der Waals surface area contributed by atoms with Crippen molar-refractivity contribution in [3.63, 3.8) is 0 Å². The summed E-state index contributed by atoms with van der Waals surface area (Å²) in [6, 6.07) is 0. The molecule has 0 fully saturated rings. The van der Waals surface area contributed by atoms with Gasteiger partial charge in [-0.3, -0.25) is 0 Å². The fraction of sp³-hybridized carbons (Fsp3) is 0.750. The summed E-state index contributed by atoms with van der Waals surface area (Å²) >= 11 is 0. The molecule has 0 aliphatic heterocycles. The second-order valence-electron chi connectivity index (χ2n) is 5.69. The smallest absolute Gasteiger partial charge is 0.280 e. The number of aromatic nitrogens is 2. The lowest BCUT2D eigenvalue weighted by Gasteiger charge is -2.18. The molecule has 6 heteroatoms. The first-order chi connectivity index (χ1) is 8.13. The first kappa shape index (κ1) is 15.5. The van der Waals surface area contributed by atoms with Gasteiger partial charge in [0.15, 0.2) is 5.03 Å². The van der Waals surface area contributed by atoms with Crippen LogP contribution in [0.2, 0.25) is 0 Å².